The van der Waals surface area contributed by atoms with Crippen LogP contribution in [-0.4, -0.2) is 26.2 Å². The minimum atomic E-state index is -0.340. The van der Waals surface area contributed by atoms with E-state index in [0.717, 1.165) is 33.3 Å². The van der Waals surface area contributed by atoms with Crippen molar-refractivity contribution in [3.8, 4) is 11.5 Å². The number of aryl methyl sites for hydroxylation is 2. The summed E-state index contributed by atoms with van der Waals surface area (Å²) in [5.74, 6) is 0.518. The maximum Gasteiger partial charge on any atom is 0.277 e. The molecule has 0 saturated carbocycles. The zero-order valence-electron chi connectivity index (χ0n) is 15.3. The van der Waals surface area contributed by atoms with E-state index in [0.29, 0.717) is 11.1 Å². The highest BCUT2D eigenvalue weighted by Gasteiger charge is 2.24. The number of nitrogens with one attached hydrogen (secondary N) is 1. The molecule has 0 amide bonds. The molecule has 0 aliphatic heterocycles. The number of Topliss-reactive ketones (excluding diaryl/α,β-unsaturated/α-hetero) is 1. The van der Waals surface area contributed by atoms with E-state index in [4.69, 9.17) is 4.42 Å². The summed E-state index contributed by atoms with van der Waals surface area (Å²) >= 11 is 1.28. The first-order valence-electron chi connectivity index (χ1n) is 8.72. The Balaban J connectivity index is 1.57. The molecule has 0 bridgehead atoms. The highest BCUT2D eigenvalue weighted by atomic mass is 32.2. The fourth-order valence-corrected chi connectivity index (χ4v) is 3.92. The van der Waals surface area contributed by atoms with Gasteiger partial charge >= 0.3 is 0 Å². The number of hydrogen-bond donors (Lipinski definition) is 1. The Kier molecular flexibility index (Phi) is 4.58. The second-order valence-corrected chi connectivity index (χ2v) is 7.78. The van der Waals surface area contributed by atoms with Gasteiger partial charge < -0.3 is 9.40 Å². The van der Waals surface area contributed by atoms with Crippen LogP contribution in [0.4, 0.5) is 0 Å². The Morgan fingerprint density at radius 1 is 1.07 bits per heavy atom. The molecule has 0 spiro atoms. The Bertz CT molecular complexity index is 1130. The first kappa shape index (κ1) is 17.5. The molecule has 4 aromatic rings. The number of aromatic amines is 1. The average Bonchev–Trinajstić information content (AvgIpc) is 3.25. The number of fused-ring (bicyclic) bond motifs is 1. The predicted octanol–water partition coefficient (Wildman–Crippen LogP) is 5.20. The number of H-pyrrole nitrogens is 1. The molecule has 2 aromatic carbocycles. The van der Waals surface area contributed by atoms with Gasteiger partial charge in [0.1, 0.15) is 0 Å². The molecule has 2 heterocycles. The molecule has 6 heteroatoms. The predicted molar refractivity (Wildman–Crippen MR) is 107 cm³/mol. The summed E-state index contributed by atoms with van der Waals surface area (Å²) in [6.45, 7) is 5.79. The molecular formula is C21H19N3O2S. The van der Waals surface area contributed by atoms with Crippen molar-refractivity contribution in [2.24, 2.45) is 0 Å². The molecule has 0 fully saturated rings. The van der Waals surface area contributed by atoms with Gasteiger partial charge in [-0.25, -0.2) is 0 Å². The molecule has 4 rings (SSSR count). The van der Waals surface area contributed by atoms with Gasteiger partial charge in [0.25, 0.3) is 5.22 Å². The Morgan fingerprint density at radius 2 is 1.81 bits per heavy atom. The van der Waals surface area contributed by atoms with E-state index in [1.54, 1.807) is 0 Å². The number of aromatic nitrogens is 3. The van der Waals surface area contributed by atoms with Gasteiger partial charge in [0.05, 0.1) is 5.25 Å². The molecule has 0 aliphatic carbocycles. The van der Waals surface area contributed by atoms with Gasteiger partial charge in [-0.3, -0.25) is 4.79 Å². The van der Waals surface area contributed by atoms with E-state index in [2.05, 4.69) is 15.2 Å². The van der Waals surface area contributed by atoms with Gasteiger partial charge in [0, 0.05) is 27.7 Å². The molecule has 5 nitrogen and oxygen atoms in total. The van der Waals surface area contributed by atoms with Crippen LogP contribution in [0.2, 0.25) is 0 Å². The van der Waals surface area contributed by atoms with E-state index in [1.807, 2.05) is 69.3 Å². The maximum absolute atomic E-state index is 13.0. The van der Waals surface area contributed by atoms with Crippen molar-refractivity contribution in [3.63, 3.8) is 0 Å². The number of carbonyl (C=O) groups is 1. The number of benzene rings is 2. The van der Waals surface area contributed by atoms with Gasteiger partial charge in [0.15, 0.2) is 5.78 Å². The first-order chi connectivity index (χ1) is 13.0. The monoisotopic (exact) mass is 377 g/mol. The van der Waals surface area contributed by atoms with Crippen molar-refractivity contribution < 1.29 is 9.21 Å². The molecular weight excluding hydrogens is 358 g/mol. The van der Waals surface area contributed by atoms with Crippen LogP contribution in [0.25, 0.3) is 22.4 Å². The van der Waals surface area contributed by atoms with Crippen LogP contribution in [0.5, 0.6) is 0 Å². The van der Waals surface area contributed by atoms with E-state index >= 15 is 0 Å². The molecule has 0 radical (unpaired) electrons. The van der Waals surface area contributed by atoms with Gasteiger partial charge in [-0.05, 0) is 38.5 Å². The van der Waals surface area contributed by atoms with Gasteiger partial charge in [-0.1, -0.05) is 48.2 Å². The highest BCUT2D eigenvalue weighted by Crippen LogP contribution is 2.31. The fraction of sp³-hybridized carbons (Fsp3) is 0.190. The summed E-state index contributed by atoms with van der Waals surface area (Å²) < 4.78 is 5.79. The quantitative estimate of drug-likeness (QED) is 0.382. The maximum atomic E-state index is 13.0. The fourth-order valence-electron chi connectivity index (χ4n) is 3.18. The minimum Gasteiger partial charge on any atom is -0.411 e. The normalized spacial score (nSPS) is 12.4. The number of thioether (sulfide) groups is 1. The summed E-state index contributed by atoms with van der Waals surface area (Å²) in [4.78, 5) is 16.3. The third kappa shape index (κ3) is 3.28. The number of rotatable bonds is 5. The van der Waals surface area contributed by atoms with Gasteiger partial charge in [-0.15, -0.1) is 10.2 Å². The Hall–Kier alpha value is -2.86. The standard InChI is InChI=1S/C21H19N3O2S/c1-12-8-4-5-9-15(12)20-23-24-21(26-20)27-14(3)19(25)18-13(2)22-17-11-7-6-10-16(17)18/h4-11,14,22H,1-3H3/t14-/m1/s1. The smallest absolute Gasteiger partial charge is 0.277 e. The van der Waals surface area contributed by atoms with Crippen LogP contribution in [0.1, 0.15) is 28.5 Å². The highest BCUT2D eigenvalue weighted by molar-refractivity contribution is 8.00. The van der Waals surface area contributed by atoms with Crippen LogP contribution < -0.4 is 0 Å². The van der Waals surface area contributed by atoms with Crippen molar-refractivity contribution in [1.29, 1.82) is 0 Å². The van der Waals surface area contributed by atoms with Crippen LogP contribution >= 0.6 is 11.8 Å². The molecule has 1 N–H and O–H groups in total. The third-order valence-corrected chi connectivity index (χ3v) is 5.50. The lowest BCUT2D eigenvalue weighted by atomic mass is 10.1. The van der Waals surface area contributed by atoms with E-state index < -0.39 is 0 Å². The molecule has 136 valence electrons. The Morgan fingerprint density at radius 3 is 2.63 bits per heavy atom. The zero-order valence-corrected chi connectivity index (χ0v) is 16.1. The van der Waals surface area contributed by atoms with Crippen LogP contribution in [0.3, 0.4) is 0 Å². The van der Waals surface area contributed by atoms with Crippen molar-refractivity contribution >= 4 is 28.4 Å². The second kappa shape index (κ2) is 7.04. The molecule has 1 atom stereocenters. The lowest BCUT2D eigenvalue weighted by Gasteiger charge is -2.07. The second-order valence-electron chi connectivity index (χ2n) is 6.48. The van der Waals surface area contributed by atoms with Crippen molar-refractivity contribution in [3.05, 3.63) is 65.4 Å². The topological polar surface area (TPSA) is 71.8 Å². The number of ketones is 1. The van der Waals surface area contributed by atoms with E-state index in [-0.39, 0.29) is 11.0 Å². The molecule has 0 unspecified atom stereocenters. The summed E-state index contributed by atoms with van der Waals surface area (Å²) in [6.07, 6.45) is 0. The number of hydrogen-bond acceptors (Lipinski definition) is 5. The largest absolute Gasteiger partial charge is 0.411 e. The lowest BCUT2D eigenvalue weighted by molar-refractivity contribution is 0.0994. The van der Waals surface area contributed by atoms with Crippen molar-refractivity contribution in [2.45, 2.75) is 31.2 Å². The van der Waals surface area contributed by atoms with Crippen molar-refractivity contribution in [2.75, 3.05) is 0 Å². The molecule has 27 heavy (non-hydrogen) atoms. The summed E-state index contributed by atoms with van der Waals surface area (Å²) in [7, 11) is 0. The lowest BCUT2D eigenvalue weighted by Crippen LogP contribution is -2.14. The van der Waals surface area contributed by atoms with E-state index in [1.165, 1.54) is 11.8 Å². The Labute approximate surface area is 161 Å². The minimum absolute atomic E-state index is 0.0468. The first-order valence-corrected chi connectivity index (χ1v) is 9.60. The number of nitrogens with zero attached hydrogens (tertiary/aromatic N) is 2. The van der Waals surface area contributed by atoms with Crippen LogP contribution in [-0.2, 0) is 0 Å². The molecule has 2 aromatic heterocycles. The summed E-state index contributed by atoms with van der Waals surface area (Å²) in [5, 5.41) is 9.24. The van der Waals surface area contributed by atoms with E-state index in [9.17, 15) is 4.79 Å². The van der Waals surface area contributed by atoms with Crippen molar-refractivity contribution in [1.82, 2.24) is 15.2 Å². The van der Waals surface area contributed by atoms with Crippen LogP contribution in [0.15, 0.2) is 58.2 Å². The van der Waals surface area contributed by atoms with Crippen LogP contribution in [0, 0.1) is 13.8 Å². The zero-order chi connectivity index (χ0) is 19.0. The molecule has 0 saturated heterocycles. The third-order valence-electron chi connectivity index (χ3n) is 4.57. The summed E-state index contributed by atoms with van der Waals surface area (Å²) in [5.41, 5.74) is 4.54. The summed E-state index contributed by atoms with van der Waals surface area (Å²) in [6, 6.07) is 15.7. The van der Waals surface area contributed by atoms with Gasteiger partial charge in [-0.2, -0.15) is 0 Å². The molecule has 0 aliphatic rings. The number of para-hydroxylation sites is 1. The SMILES string of the molecule is Cc1ccccc1-c1nnc(S[C@H](C)C(=O)c2c(C)[nH]c3ccccc23)o1. The van der Waals surface area contributed by atoms with Gasteiger partial charge in [0.2, 0.25) is 5.89 Å². The average molecular weight is 377 g/mol. The number of carbonyl (C=O) groups excluding carboxylic acids is 1.